The molecule has 0 fully saturated rings. The molecule has 1 heterocycles. The van der Waals surface area contributed by atoms with Crippen LogP contribution in [0.4, 0.5) is 5.82 Å². The van der Waals surface area contributed by atoms with E-state index in [0.29, 0.717) is 27.7 Å². The topological polar surface area (TPSA) is 71.5 Å². The molecule has 0 saturated carbocycles. The molecule has 2 rings (SSSR count). The quantitative estimate of drug-likeness (QED) is 0.822. The first-order chi connectivity index (χ1) is 10.8. The fraction of sp³-hybridized carbons (Fsp3) is 0.294. The van der Waals surface area contributed by atoms with E-state index >= 15 is 0 Å². The number of esters is 1. The van der Waals surface area contributed by atoms with Gasteiger partial charge < -0.3 is 15.2 Å². The number of anilines is 1. The van der Waals surface area contributed by atoms with Crippen LogP contribution in [0.1, 0.15) is 28.5 Å². The maximum absolute atomic E-state index is 11.5. The summed E-state index contributed by atoms with van der Waals surface area (Å²) in [6.07, 6.45) is 0. The molecule has 2 N–H and O–H groups in total. The van der Waals surface area contributed by atoms with E-state index in [-0.39, 0.29) is 6.54 Å². The van der Waals surface area contributed by atoms with Crippen LogP contribution in [0.2, 0.25) is 5.02 Å². The number of nitrogens with zero attached hydrogens (tertiary/aromatic N) is 1. The van der Waals surface area contributed by atoms with Crippen molar-refractivity contribution in [2.24, 2.45) is 0 Å². The van der Waals surface area contributed by atoms with E-state index in [2.05, 4.69) is 15.0 Å². The second-order valence-electron chi connectivity index (χ2n) is 5.46. The average Bonchev–Trinajstić information content (AvgIpc) is 2.52. The van der Waals surface area contributed by atoms with Gasteiger partial charge in [0.1, 0.15) is 11.4 Å². The van der Waals surface area contributed by atoms with Crippen LogP contribution in [-0.2, 0) is 10.3 Å². The van der Waals surface area contributed by atoms with E-state index < -0.39 is 11.6 Å². The summed E-state index contributed by atoms with van der Waals surface area (Å²) in [4.78, 5) is 15.9. The van der Waals surface area contributed by atoms with Crippen LogP contribution in [0.5, 0.6) is 0 Å². The first kappa shape index (κ1) is 17.2. The van der Waals surface area contributed by atoms with E-state index in [1.165, 1.54) is 7.11 Å². The Bertz CT molecular complexity index is 717. The molecule has 0 radical (unpaired) electrons. The molecule has 122 valence electrons. The number of benzene rings is 1. The fourth-order valence-corrected chi connectivity index (χ4v) is 2.36. The highest BCUT2D eigenvalue weighted by Crippen LogP contribution is 2.24. The second kappa shape index (κ2) is 6.98. The smallest absolute Gasteiger partial charge is 0.339 e. The molecule has 0 aliphatic heterocycles. The molecule has 23 heavy (non-hydrogen) atoms. The van der Waals surface area contributed by atoms with Crippen molar-refractivity contribution in [2.75, 3.05) is 19.0 Å². The second-order valence-corrected chi connectivity index (χ2v) is 5.90. The van der Waals surface area contributed by atoms with E-state index in [1.54, 1.807) is 44.2 Å². The van der Waals surface area contributed by atoms with Gasteiger partial charge in [-0.05, 0) is 43.7 Å². The lowest BCUT2D eigenvalue weighted by Gasteiger charge is -2.25. The Morgan fingerprint density at radius 2 is 2.13 bits per heavy atom. The van der Waals surface area contributed by atoms with Gasteiger partial charge in [-0.2, -0.15) is 0 Å². The first-order valence-corrected chi connectivity index (χ1v) is 7.49. The van der Waals surface area contributed by atoms with E-state index in [9.17, 15) is 9.90 Å². The van der Waals surface area contributed by atoms with Crippen LogP contribution in [0, 0.1) is 6.92 Å². The normalized spacial score (nSPS) is 13.3. The SMILES string of the molecule is COC(=O)c1ccc(NCC(C)(O)c2cccc(Cl)c2)nc1C. The number of aliphatic hydroxyl groups is 1. The van der Waals surface area contributed by atoms with Crippen LogP contribution in [0.25, 0.3) is 0 Å². The van der Waals surface area contributed by atoms with Crippen molar-refractivity contribution in [1.29, 1.82) is 0 Å². The van der Waals surface area contributed by atoms with Crippen LogP contribution in [-0.4, -0.2) is 29.7 Å². The molecule has 5 nitrogen and oxygen atoms in total. The van der Waals surface area contributed by atoms with Gasteiger partial charge in [0.25, 0.3) is 0 Å². The lowest BCUT2D eigenvalue weighted by molar-refractivity contribution is 0.0598. The Morgan fingerprint density at radius 3 is 2.74 bits per heavy atom. The number of rotatable bonds is 5. The van der Waals surface area contributed by atoms with Crippen molar-refractivity contribution in [3.8, 4) is 0 Å². The minimum Gasteiger partial charge on any atom is -0.465 e. The largest absolute Gasteiger partial charge is 0.465 e. The summed E-state index contributed by atoms with van der Waals surface area (Å²) in [5.74, 6) is 0.143. The number of hydrogen-bond acceptors (Lipinski definition) is 5. The zero-order chi connectivity index (χ0) is 17.0. The van der Waals surface area contributed by atoms with E-state index in [1.807, 2.05) is 6.07 Å². The Morgan fingerprint density at radius 1 is 1.39 bits per heavy atom. The first-order valence-electron chi connectivity index (χ1n) is 7.12. The summed E-state index contributed by atoms with van der Waals surface area (Å²) in [5.41, 5.74) is 0.575. The number of carbonyl (C=O) groups is 1. The van der Waals surface area contributed by atoms with Gasteiger partial charge in [-0.25, -0.2) is 9.78 Å². The van der Waals surface area contributed by atoms with E-state index in [0.717, 1.165) is 0 Å². The van der Waals surface area contributed by atoms with Crippen molar-refractivity contribution in [3.05, 3.63) is 58.2 Å². The minimum absolute atomic E-state index is 0.247. The van der Waals surface area contributed by atoms with Crippen LogP contribution in [0.3, 0.4) is 0 Å². The van der Waals surface area contributed by atoms with Crippen molar-refractivity contribution in [3.63, 3.8) is 0 Å². The average molecular weight is 335 g/mol. The lowest BCUT2D eigenvalue weighted by Crippen LogP contribution is -2.31. The van der Waals surface area contributed by atoms with Gasteiger partial charge in [-0.1, -0.05) is 23.7 Å². The highest BCUT2D eigenvalue weighted by atomic mass is 35.5. The Labute approximate surface area is 140 Å². The molecule has 1 unspecified atom stereocenters. The third kappa shape index (κ3) is 4.21. The number of pyridine rings is 1. The van der Waals surface area contributed by atoms with Crippen molar-refractivity contribution in [2.45, 2.75) is 19.4 Å². The highest BCUT2D eigenvalue weighted by Gasteiger charge is 2.23. The molecule has 0 spiro atoms. The standard InChI is InChI=1S/C17H19ClN2O3/c1-11-14(16(21)23-3)7-8-15(20-11)19-10-17(2,22)12-5-4-6-13(18)9-12/h4-9,22H,10H2,1-3H3,(H,19,20). The molecule has 0 saturated heterocycles. The summed E-state index contributed by atoms with van der Waals surface area (Å²) in [5, 5.41) is 14.2. The van der Waals surface area contributed by atoms with Gasteiger partial charge in [0, 0.05) is 11.6 Å². The summed E-state index contributed by atoms with van der Waals surface area (Å²) >= 11 is 5.96. The molecule has 2 aromatic rings. The Kier molecular flexibility index (Phi) is 5.23. The number of nitrogens with one attached hydrogen (secondary N) is 1. The zero-order valence-electron chi connectivity index (χ0n) is 13.3. The fourth-order valence-electron chi connectivity index (χ4n) is 2.17. The summed E-state index contributed by atoms with van der Waals surface area (Å²) in [7, 11) is 1.33. The third-order valence-electron chi connectivity index (χ3n) is 3.55. The van der Waals surface area contributed by atoms with Crippen LogP contribution in [0.15, 0.2) is 36.4 Å². The van der Waals surface area contributed by atoms with Gasteiger partial charge in [0.05, 0.1) is 18.4 Å². The van der Waals surface area contributed by atoms with Crippen LogP contribution >= 0.6 is 11.6 Å². The number of aryl methyl sites for hydroxylation is 1. The highest BCUT2D eigenvalue weighted by molar-refractivity contribution is 6.30. The minimum atomic E-state index is -1.11. The Hall–Kier alpha value is -2.11. The summed E-state index contributed by atoms with van der Waals surface area (Å²) < 4.78 is 4.69. The summed E-state index contributed by atoms with van der Waals surface area (Å²) in [6.45, 7) is 3.67. The number of aromatic nitrogens is 1. The monoisotopic (exact) mass is 334 g/mol. The molecule has 1 atom stereocenters. The molecular formula is C17H19ClN2O3. The predicted octanol–water partition coefficient (Wildman–Crippen LogP) is 3.15. The third-order valence-corrected chi connectivity index (χ3v) is 3.79. The lowest BCUT2D eigenvalue weighted by atomic mass is 9.96. The van der Waals surface area contributed by atoms with Crippen LogP contribution < -0.4 is 5.32 Å². The maximum atomic E-state index is 11.5. The van der Waals surface area contributed by atoms with Crippen molar-refractivity contribution >= 4 is 23.4 Å². The molecule has 0 aliphatic rings. The van der Waals surface area contributed by atoms with Gasteiger partial charge in [0.2, 0.25) is 0 Å². The molecule has 6 heteroatoms. The number of methoxy groups -OCH3 is 1. The van der Waals surface area contributed by atoms with Crippen molar-refractivity contribution in [1.82, 2.24) is 4.98 Å². The molecular weight excluding hydrogens is 316 g/mol. The molecule has 1 aromatic carbocycles. The van der Waals surface area contributed by atoms with Gasteiger partial charge in [-0.15, -0.1) is 0 Å². The van der Waals surface area contributed by atoms with Gasteiger partial charge in [-0.3, -0.25) is 0 Å². The van der Waals surface area contributed by atoms with Gasteiger partial charge >= 0.3 is 5.97 Å². The molecule has 0 amide bonds. The Balaban J connectivity index is 2.11. The maximum Gasteiger partial charge on any atom is 0.339 e. The molecule has 0 bridgehead atoms. The van der Waals surface area contributed by atoms with Crippen molar-refractivity contribution < 1.29 is 14.6 Å². The molecule has 0 aliphatic carbocycles. The van der Waals surface area contributed by atoms with E-state index in [4.69, 9.17) is 11.6 Å². The predicted molar refractivity (Wildman–Crippen MR) is 89.8 cm³/mol. The number of ether oxygens (including phenoxy) is 1. The number of hydrogen-bond donors (Lipinski definition) is 2. The number of carbonyl (C=O) groups excluding carboxylic acids is 1. The van der Waals surface area contributed by atoms with Gasteiger partial charge in [0.15, 0.2) is 0 Å². The summed E-state index contributed by atoms with van der Waals surface area (Å²) in [6, 6.07) is 10.4. The zero-order valence-corrected chi connectivity index (χ0v) is 14.0. The number of halogens is 1. The molecule has 1 aromatic heterocycles.